The molecule has 4 aliphatic carbocycles. The maximum absolute atomic E-state index is 12.6. The zero-order chi connectivity index (χ0) is 49.5. The van der Waals surface area contributed by atoms with Crippen molar-refractivity contribution in [1.29, 1.82) is 0 Å². The molecule has 5 aliphatic heterocycles. The molecule has 0 spiro atoms. The first-order chi connectivity index (χ1) is 32.6. The van der Waals surface area contributed by atoms with Gasteiger partial charge in [0.05, 0.1) is 54.9 Å². The fourth-order valence-corrected chi connectivity index (χ4v) is 14.7. The molecule has 4 saturated carbocycles. The molecular formula is C49H76O20. The summed E-state index contributed by atoms with van der Waals surface area (Å²) in [6, 6.07) is 0. The minimum Gasteiger partial charge on any atom is -0.459 e. The summed E-state index contributed by atoms with van der Waals surface area (Å²) in [5.74, 6) is -0.609. The second-order valence-corrected chi connectivity index (χ2v) is 22.3. The van der Waals surface area contributed by atoms with Crippen molar-refractivity contribution in [3.63, 3.8) is 0 Å². The number of hydrogen-bond donors (Lipinski definition) is 8. The van der Waals surface area contributed by atoms with Crippen LogP contribution in [0.3, 0.4) is 0 Å². The normalized spacial score (nSPS) is 53.3. The number of rotatable bonds is 11. The second kappa shape index (κ2) is 20.0. The molecule has 5 heterocycles. The van der Waals surface area contributed by atoms with E-state index in [-0.39, 0.29) is 55.2 Å². The molecule has 0 radical (unpaired) electrons. The number of carbonyl (C=O) groups excluding carboxylic acids is 2. The first kappa shape index (κ1) is 51.9. The van der Waals surface area contributed by atoms with Gasteiger partial charge in [0.15, 0.2) is 25.2 Å². The molecule has 8 N–H and O–H groups in total. The van der Waals surface area contributed by atoms with E-state index in [4.69, 9.17) is 47.4 Å². The molecule has 0 bridgehead atoms. The molecule has 20 nitrogen and oxygen atoms in total. The van der Waals surface area contributed by atoms with E-state index in [1.54, 1.807) is 13.8 Å². The lowest BCUT2D eigenvalue weighted by Crippen LogP contribution is -2.62. The third-order valence-corrected chi connectivity index (χ3v) is 18.2. The van der Waals surface area contributed by atoms with Gasteiger partial charge in [-0.15, -0.1) is 0 Å². The van der Waals surface area contributed by atoms with E-state index in [1.165, 1.54) is 13.0 Å². The highest BCUT2D eigenvalue weighted by Crippen LogP contribution is 2.70. The number of hydrogen-bond acceptors (Lipinski definition) is 20. The van der Waals surface area contributed by atoms with Gasteiger partial charge in [-0.1, -0.05) is 13.8 Å². The SMILES string of the molecule is CC(=O)O[C@@H]1C[C@H](O[C@H]2[C@H](O)C[C@H](O[C@H]3[C@H](O)C[C@H](O[C@H]4CC[C@]5(C)[C@@H](CC[C@@H]6[C@H]5CC[C@@]5(C)[C@H](C7=CC(=O)OC7)[C@@H](O)C[C@@]65O)C4)O[C@@H]3C)O[C@@H]2C)O[C@H](C)[C@H]1O[C@H]1O[C@@H](CO)[C@H](O)[C@@H](O)[C@@H]1O. The molecule has 26 atom stereocenters. The number of aliphatic hydroxyl groups is 8. The number of esters is 2. The molecule has 0 aromatic rings. The monoisotopic (exact) mass is 984 g/mol. The van der Waals surface area contributed by atoms with Crippen LogP contribution in [0.15, 0.2) is 11.6 Å². The van der Waals surface area contributed by atoms with Crippen LogP contribution >= 0.6 is 0 Å². The third-order valence-electron chi connectivity index (χ3n) is 18.2. The molecule has 4 saturated heterocycles. The lowest BCUT2D eigenvalue weighted by Gasteiger charge is -2.63. The average molecular weight is 985 g/mol. The van der Waals surface area contributed by atoms with Crippen molar-refractivity contribution in [3.05, 3.63) is 11.6 Å². The number of carbonyl (C=O) groups is 2. The van der Waals surface area contributed by atoms with Gasteiger partial charge in [-0.25, -0.2) is 4.79 Å². The van der Waals surface area contributed by atoms with Crippen molar-refractivity contribution in [2.45, 2.75) is 234 Å². The number of cyclic esters (lactones) is 1. The Hall–Kier alpha value is -1.96. The van der Waals surface area contributed by atoms with Gasteiger partial charge >= 0.3 is 11.9 Å². The Labute approximate surface area is 402 Å². The second-order valence-electron chi connectivity index (χ2n) is 22.3. The predicted octanol–water partition coefficient (Wildman–Crippen LogP) is 0.613. The summed E-state index contributed by atoms with van der Waals surface area (Å²) in [7, 11) is 0. The topological polar surface area (TPSA) is 288 Å². The molecule has 8 fully saturated rings. The van der Waals surface area contributed by atoms with Crippen LogP contribution in [-0.2, 0) is 57.0 Å². The van der Waals surface area contributed by atoms with Crippen molar-refractivity contribution < 1.29 is 97.8 Å². The molecule has 0 aromatic carbocycles. The molecular weight excluding hydrogens is 909 g/mol. The molecule has 9 rings (SSSR count). The van der Waals surface area contributed by atoms with E-state index in [1.807, 2.05) is 6.92 Å². The Balaban J connectivity index is 0.749. The van der Waals surface area contributed by atoms with Gasteiger partial charge in [-0.2, -0.15) is 0 Å². The van der Waals surface area contributed by atoms with E-state index in [2.05, 4.69) is 13.8 Å². The van der Waals surface area contributed by atoms with Crippen molar-refractivity contribution in [2.24, 2.45) is 34.5 Å². The first-order valence-electron chi connectivity index (χ1n) is 25.3. The Morgan fingerprint density at radius 3 is 1.93 bits per heavy atom. The van der Waals surface area contributed by atoms with Crippen molar-refractivity contribution in [3.8, 4) is 0 Å². The van der Waals surface area contributed by atoms with Crippen molar-refractivity contribution in [1.82, 2.24) is 0 Å². The third kappa shape index (κ3) is 9.59. The van der Waals surface area contributed by atoms with Crippen LogP contribution in [0.1, 0.15) is 112 Å². The van der Waals surface area contributed by atoms with Crippen molar-refractivity contribution >= 4 is 11.9 Å². The molecule has 69 heavy (non-hydrogen) atoms. The average Bonchev–Trinajstić information content (AvgIpc) is 3.79. The lowest BCUT2D eigenvalue weighted by molar-refractivity contribution is -0.355. The van der Waals surface area contributed by atoms with Crippen LogP contribution < -0.4 is 0 Å². The standard InChI is InChI=1S/C49H76O20/c1-21-43(67-37-16-31(53)44(22(2)62-37)68-38-17-33(64-24(4)51)45(23(3)63-38)69-46-42(58)41(57)40(56)34(19-50)66-46)30(52)15-36(61-21)65-27-9-11-47(5)26(14-27)7-8-29-28(47)10-12-48(6)39(25-13-35(55)60-20-25)32(54)18-49(29,48)59/h13,21-23,26-34,36-46,50,52-54,56-59H,7-12,14-20H2,1-6H3/t21-,22-,23-,26+,27+,28-,29-,30-,31-,32+,33-,34+,36+,37+,38+,39-,40+,41-,42+,43-,44-,45-,46-,47-,48+,49-/m1/s1. The molecule has 9 aliphatic rings. The van der Waals surface area contributed by atoms with E-state index in [9.17, 15) is 50.4 Å². The number of ether oxygens (including phenoxy) is 10. The summed E-state index contributed by atoms with van der Waals surface area (Å²) in [4.78, 5) is 24.2. The van der Waals surface area contributed by atoms with Gasteiger partial charge in [0.25, 0.3) is 0 Å². The lowest BCUT2D eigenvalue weighted by atomic mass is 9.43. The zero-order valence-electron chi connectivity index (χ0n) is 40.5. The fourth-order valence-electron chi connectivity index (χ4n) is 14.7. The summed E-state index contributed by atoms with van der Waals surface area (Å²) in [5.41, 5.74) is -0.809. The highest BCUT2D eigenvalue weighted by Gasteiger charge is 2.70. The number of aliphatic hydroxyl groups excluding tert-OH is 7. The van der Waals surface area contributed by atoms with Crippen LogP contribution in [0.25, 0.3) is 0 Å². The molecule has 0 amide bonds. The van der Waals surface area contributed by atoms with Crippen LogP contribution in [0.4, 0.5) is 0 Å². The van der Waals surface area contributed by atoms with Crippen LogP contribution in [0, 0.1) is 34.5 Å². The summed E-state index contributed by atoms with van der Waals surface area (Å²) in [6.07, 6.45) is -10.8. The van der Waals surface area contributed by atoms with Crippen LogP contribution in [0.5, 0.6) is 0 Å². The van der Waals surface area contributed by atoms with Gasteiger partial charge in [0.2, 0.25) is 0 Å². The Morgan fingerprint density at radius 2 is 1.33 bits per heavy atom. The zero-order valence-corrected chi connectivity index (χ0v) is 40.5. The largest absolute Gasteiger partial charge is 0.459 e. The van der Waals surface area contributed by atoms with E-state index >= 15 is 0 Å². The Kier molecular flexibility index (Phi) is 15.1. The summed E-state index contributed by atoms with van der Waals surface area (Å²) < 4.78 is 60.1. The Bertz CT molecular complexity index is 1850. The summed E-state index contributed by atoms with van der Waals surface area (Å²) in [6.45, 7) is 10.4. The quantitative estimate of drug-likeness (QED) is 0.104. The number of fused-ring (bicyclic) bond motifs is 5. The van der Waals surface area contributed by atoms with Crippen molar-refractivity contribution in [2.75, 3.05) is 13.2 Å². The molecule has 0 aromatic heterocycles. The van der Waals surface area contributed by atoms with E-state index in [0.29, 0.717) is 18.3 Å². The summed E-state index contributed by atoms with van der Waals surface area (Å²) in [5, 5.41) is 87.5. The van der Waals surface area contributed by atoms with Gasteiger partial charge < -0.3 is 88.2 Å². The van der Waals surface area contributed by atoms with Gasteiger partial charge in [-0.05, 0) is 94.5 Å². The highest BCUT2D eigenvalue weighted by atomic mass is 16.8. The molecule has 392 valence electrons. The van der Waals surface area contributed by atoms with E-state index < -0.39 is 134 Å². The molecule has 20 heteroatoms. The summed E-state index contributed by atoms with van der Waals surface area (Å²) >= 11 is 0. The highest BCUT2D eigenvalue weighted by molar-refractivity contribution is 5.85. The molecule has 0 unspecified atom stereocenters. The van der Waals surface area contributed by atoms with Crippen LogP contribution in [-0.4, -0.2) is 188 Å². The minimum absolute atomic E-state index is 0.000687. The minimum atomic E-state index is -1.68. The van der Waals surface area contributed by atoms with E-state index in [0.717, 1.165) is 50.5 Å². The van der Waals surface area contributed by atoms with Gasteiger partial charge in [-0.3, -0.25) is 4.79 Å². The predicted molar refractivity (Wildman–Crippen MR) is 235 cm³/mol. The Morgan fingerprint density at radius 1 is 0.710 bits per heavy atom. The maximum atomic E-state index is 12.6. The smallest absolute Gasteiger partial charge is 0.331 e. The fraction of sp³-hybridized carbons (Fsp3) is 0.918. The maximum Gasteiger partial charge on any atom is 0.331 e. The first-order valence-corrected chi connectivity index (χ1v) is 25.3. The van der Waals surface area contributed by atoms with Gasteiger partial charge in [0, 0.05) is 50.0 Å². The van der Waals surface area contributed by atoms with Gasteiger partial charge in [0.1, 0.15) is 55.4 Å². The van der Waals surface area contributed by atoms with Crippen LogP contribution in [0.2, 0.25) is 0 Å².